The van der Waals surface area contributed by atoms with Crippen molar-refractivity contribution in [2.24, 2.45) is 0 Å². The van der Waals surface area contributed by atoms with E-state index in [2.05, 4.69) is 5.32 Å². The molecule has 1 N–H and O–H groups in total. The van der Waals surface area contributed by atoms with Crippen molar-refractivity contribution in [2.75, 3.05) is 10.8 Å². The van der Waals surface area contributed by atoms with Crippen LogP contribution in [0.5, 0.6) is 0 Å². The molecule has 0 spiro atoms. The molecule has 4 aromatic rings. The number of rotatable bonds is 11. The maximum Gasteiger partial charge on any atom is 0.264 e. The number of amides is 2. The zero-order chi connectivity index (χ0) is 32.8. The first-order chi connectivity index (χ1) is 21.2. The van der Waals surface area contributed by atoms with Crippen molar-refractivity contribution >= 4 is 39.1 Å². The van der Waals surface area contributed by atoms with Crippen molar-refractivity contribution in [1.82, 2.24) is 10.2 Å². The number of carbonyl (C=O) groups is 2. The Bertz CT molecular complexity index is 1700. The maximum atomic E-state index is 14.5. The van der Waals surface area contributed by atoms with Gasteiger partial charge >= 0.3 is 0 Å². The molecule has 0 saturated carbocycles. The predicted octanol–water partition coefficient (Wildman–Crippen LogP) is 6.71. The van der Waals surface area contributed by atoms with Crippen molar-refractivity contribution in [2.45, 2.75) is 64.1 Å². The Labute approximate surface area is 271 Å². The zero-order valence-corrected chi connectivity index (χ0v) is 27.9. The van der Waals surface area contributed by atoms with Gasteiger partial charge < -0.3 is 10.2 Å². The lowest BCUT2D eigenvalue weighted by Crippen LogP contribution is -2.56. The van der Waals surface area contributed by atoms with Gasteiger partial charge in [-0.15, -0.1) is 0 Å². The molecule has 0 saturated heterocycles. The molecular formula is C36H40ClN3O4S. The lowest BCUT2D eigenvalue weighted by Gasteiger charge is -2.35. The van der Waals surface area contributed by atoms with Gasteiger partial charge in [0.15, 0.2) is 0 Å². The normalized spacial score (nSPS) is 12.3. The quantitative estimate of drug-likeness (QED) is 0.197. The number of halogens is 1. The molecule has 4 rings (SSSR count). The third-order valence-corrected chi connectivity index (χ3v) is 9.29. The van der Waals surface area contributed by atoms with Gasteiger partial charge in [-0.05, 0) is 82.1 Å². The number of carbonyl (C=O) groups excluding carboxylic acids is 2. The summed E-state index contributed by atoms with van der Waals surface area (Å²) in [7, 11) is -4.20. The molecule has 0 radical (unpaired) electrons. The van der Waals surface area contributed by atoms with Gasteiger partial charge in [0.1, 0.15) is 12.6 Å². The highest BCUT2D eigenvalue weighted by atomic mass is 35.5. The van der Waals surface area contributed by atoms with E-state index in [0.717, 1.165) is 26.6 Å². The molecule has 236 valence electrons. The van der Waals surface area contributed by atoms with Crippen LogP contribution in [0.4, 0.5) is 5.69 Å². The number of nitrogens with one attached hydrogen (secondary N) is 1. The fraction of sp³-hybridized carbons (Fsp3) is 0.278. The molecule has 0 aliphatic heterocycles. The number of hydrogen-bond acceptors (Lipinski definition) is 4. The molecule has 1 atom stereocenters. The molecule has 0 unspecified atom stereocenters. The Hall–Kier alpha value is -4.14. The number of benzene rings is 4. The van der Waals surface area contributed by atoms with Crippen molar-refractivity contribution < 1.29 is 18.0 Å². The van der Waals surface area contributed by atoms with Gasteiger partial charge in [0.05, 0.1) is 10.6 Å². The van der Waals surface area contributed by atoms with E-state index in [1.165, 1.54) is 29.2 Å². The molecule has 0 aliphatic rings. The van der Waals surface area contributed by atoms with E-state index < -0.39 is 34.1 Å². The molecule has 4 aromatic carbocycles. The minimum atomic E-state index is -4.20. The minimum absolute atomic E-state index is 0.00308. The van der Waals surface area contributed by atoms with Crippen LogP contribution in [0.2, 0.25) is 5.02 Å². The smallest absolute Gasteiger partial charge is 0.264 e. The van der Waals surface area contributed by atoms with Crippen molar-refractivity contribution in [3.8, 4) is 0 Å². The lowest BCUT2D eigenvalue weighted by molar-refractivity contribution is -0.140. The lowest BCUT2D eigenvalue weighted by atomic mass is 10.0. The van der Waals surface area contributed by atoms with Gasteiger partial charge in [-0.1, -0.05) is 89.5 Å². The third-order valence-electron chi connectivity index (χ3n) is 7.25. The predicted molar refractivity (Wildman–Crippen MR) is 181 cm³/mol. The maximum absolute atomic E-state index is 14.5. The van der Waals surface area contributed by atoms with Crippen LogP contribution in [0.25, 0.3) is 0 Å². The van der Waals surface area contributed by atoms with Crippen LogP contribution in [0.3, 0.4) is 0 Å². The van der Waals surface area contributed by atoms with E-state index in [1.54, 1.807) is 24.3 Å². The molecule has 9 heteroatoms. The fourth-order valence-electron chi connectivity index (χ4n) is 4.87. The number of sulfonamides is 1. The van der Waals surface area contributed by atoms with Crippen LogP contribution in [0.1, 0.15) is 43.0 Å². The van der Waals surface area contributed by atoms with Crippen LogP contribution < -0.4 is 9.62 Å². The molecule has 0 aliphatic carbocycles. The van der Waals surface area contributed by atoms with Gasteiger partial charge in [0.25, 0.3) is 10.0 Å². The minimum Gasteiger partial charge on any atom is -0.350 e. The van der Waals surface area contributed by atoms with E-state index in [4.69, 9.17) is 11.6 Å². The van der Waals surface area contributed by atoms with Crippen LogP contribution in [0.15, 0.2) is 108 Å². The second-order valence-electron chi connectivity index (χ2n) is 12.3. The molecule has 7 nitrogen and oxygen atoms in total. The summed E-state index contributed by atoms with van der Waals surface area (Å²) < 4.78 is 29.3. The first kappa shape index (κ1) is 33.7. The number of nitrogens with zero attached hydrogens (tertiary/aromatic N) is 2. The summed E-state index contributed by atoms with van der Waals surface area (Å²) in [5, 5.41) is 3.44. The Morgan fingerprint density at radius 3 is 1.89 bits per heavy atom. The first-order valence-electron chi connectivity index (χ1n) is 14.8. The van der Waals surface area contributed by atoms with Crippen molar-refractivity contribution in [3.05, 3.63) is 130 Å². The van der Waals surface area contributed by atoms with Gasteiger partial charge in [-0.3, -0.25) is 13.9 Å². The molecule has 45 heavy (non-hydrogen) atoms. The zero-order valence-electron chi connectivity index (χ0n) is 26.3. The first-order valence-corrected chi connectivity index (χ1v) is 16.6. The van der Waals surface area contributed by atoms with Gasteiger partial charge in [-0.25, -0.2) is 8.42 Å². The van der Waals surface area contributed by atoms with Crippen molar-refractivity contribution in [1.29, 1.82) is 0 Å². The van der Waals surface area contributed by atoms with E-state index in [1.807, 2.05) is 89.2 Å². The average molecular weight is 646 g/mol. The summed E-state index contributed by atoms with van der Waals surface area (Å²) in [5.41, 5.74) is 3.46. The molecule has 0 aromatic heterocycles. The fourth-order valence-corrected chi connectivity index (χ4v) is 6.41. The SMILES string of the molecule is Cc1ccc(CN(C(=O)CN(c2ccc(C)cc2)S(=O)(=O)c2ccc(Cl)cc2)[C@@H](Cc2ccccc2)C(=O)NC(C)(C)C)cc1. The average Bonchev–Trinajstić information content (AvgIpc) is 2.99. The number of hydrogen-bond donors (Lipinski definition) is 1. The molecule has 0 heterocycles. The van der Waals surface area contributed by atoms with Crippen LogP contribution in [-0.4, -0.2) is 43.3 Å². The highest BCUT2D eigenvalue weighted by Crippen LogP contribution is 2.26. The summed E-state index contributed by atoms with van der Waals surface area (Å²) in [6, 6.07) is 29.1. The van der Waals surface area contributed by atoms with E-state index >= 15 is 0 Å². The largest absolute Gasteiger partial charge is 0.350 e. The number of anilines is 1. The van der Waals surface area contributed by atoms with Gasteiger partial charge in [0.2, 0.25) is 11.8 Å². The second kappa shape index (κ2) is 14.3. The standard InChI is InChI=1S/C36H40ClN3O4S/c1-26-11-15-29(16-12-26)24-39(33(35(42)38-36(3,4)5)23-28-9-7-6-8-10-28)34(41)25-40(31-19-13-27(2)14-20-31)45(43,44)32-21-17-30(37)18-22-32/h6-22,33H,23-25H2,1-5H3,(H,38,42)/t33-/m0/s1. The summed E-state index contributed by atoms with van der Waals surface area (Å²) >= 11 is 6.06. The molecule has 0 bridgehead atoms. The van der Waals surface area contributed by atoms with Crippen LogP contribution in [0, 0.1) is 13.8 Å². The topological polar surface area (TPSA) is 86.8 Å². The van der Waals surface area contributed by atoms with E-state index in [9.17, 15) is 18.0 Å². The Morgan fingerprint density at radius 2 is 1.33 bits per heavy atom. The summed E-state index contributed by atoms with van der Waals surface area (Å²) in [6.07, 6.45) is 0.245. The Balaban J connectivity index is 1.81. The van der Waals surface area contributed by atoms with Crippen LogP contribution in [-0.2, 0) is 32.6 Å². The summed E-state index contributed by atoms with van der Waals surface area (Å²) in [5.74, 6) is -0.840. The monoisotopic (exact) mass is 645 g/mol. The second-order valence-corrected chi connectivity index (χ2v) is 14.6. The van der Waals surface area contributed by atoms with Gasteiger partial charge in [0, 0.05) is 23.5 Å². The summed E-state index contributed by atoms with van der Waals surface area (Å²) in [4.78, 5) is 30.0. The van der Waals surface area contributed by atoms with Crippen LogP contribution >= 0.6 is 11.6 Å². The highest BCUT2D eigenvalue weighted by molar-refractivity contribution is 7.92. The Morgan fingerprint density at radius 1 is 0.778 bits per heavy atom. The molecular weight excluding hydrogens is 606 g/mol. The van der Waals surface area contributed by atoms with Crippen molar-refractivity contribution in [3.63, 3.8) is 0 Å². The number of aryl methyl sites for hydroxylation is 2. The third kappa shape index (κ3) is 9.19. The molecule has 2 amide bonds. The highest BCUT2D eigenvalue weighted by Gasteiger charge is 2.35. The van der Waals surface area contributed by atoms with E-state index in [-0.39, 0.29) is 23.8 Å². The van der Waals surface area contributed by atoms with Gasteiger partial charge in [-0.2, -0.15) is 0 Å². The summed E-state index contributed by atoms with van der Waals surface area (Å²) in [6.45, 7) is 9.11. The molecule has 0 fully saturated rings. The Kier molecular flexibility index (Phi) is 10.7. The van der Waals surface area contributed by atoms with E-state index in [0.29, 0.717) is 10.7 Å².